The van der Waals surface area contributed by atoms with Gasteiger partial charge in [0.2, 0.25) is 10.0 Å². The third kappa shape index (κ3) is 4.92. The second-order valence-electron chi connectivity index (χ2n) is 3.47. The molecule has 0 saturated carbocycles. The zero-order valence-corrected chi connectivity index (χ0v) is 10.8. The van der Waals surface area contributed by atoms with E-state index in [4.69, 9.17) is 0 Å². The highest BCUT2D eigenvalue weighted by atomic mass is 32.2. The minimum Gasteiger partial charge on any atom is -0.465 e. The molecule has 1 aromatic carbocycles. The number of nitrogens with zero attached hydrogens (tertiary/aromatic N) is 1. The van der Waals surface area contributed by atoms with Gasteiger partial charge in [-0.1, -0.05) is 0 Å². The Morgan fingerprint density at radius 3 is 2.42 bits per heavy atom. The molecule has 0 aromatic heterocycles. The van der Waals surface area contributed by atoms with Gasteiger partial charge in [-0.25, -0.2) is 8.42 Å². The van der Waals surface area contributed by atoms with E-state index in [2.05, 4.69) is 9.46 Å². The number of carbonyl (C=O) groups is 1. The second-order valence-corrected chi connectivity index (χ2v) is 5.19. The molecule has 1 N–H and O–H groups in total. The molecule has 0 unspecified atom stereocenters. The third-order valence-corrected chi connectivity index (χ3v) is 3.13. The lowest BCUT2D eigenvalue weighted by atomic mass is 10.3. The van der Waals surface area contributed by atoms with Crippen molar-refractivity contribution in [1.82, 2.24) is 0 Å². The van der Waals surface area contributed by atoms with Crippen LogP contribution in [0.15, 0.2) is 24.3 Å². The SMILES string of the molecule is CCOC(=O)CS(=O)(=O)Nc1ccc([N+](=O)[O-])cc1. The topological polar surface area (TPSA) is 116 Å². The maximum Gasteiger partial charge on any atom is 0.323 e. The van der Waals surface area contributed by atoms with Crippen LogP contribution in [0.25, 0.3) is 0 Å². The Balaban J connectivity index is 2.73. The van der Waals surface area contributed by atoms with Crippen LogP contribution in [-0.2, 0) is 19.6 Å². The van der Waals surface area contributed by atoms with E-state index in [-0.39, 0.29) is 18.0 Å². The number of nitro benzene ring substituents is 1. The molecule has 0 aliphatic heterocycles. The Labute approximate surface area is 109 Å². The third-order valence-electron chi connectivity index (χ3n) is 1.96. The number of nitro groups is 1. The highest BCUT2D eigenvalue weighted by molar-refractivity contribution is 7.93. The molecule has 0 bridgehead atoms. The number of rotatable bonds is 6. The number of hydrogen-bond donors (Lipinski definition) is 1. The van der Waals surface area contributed by atoms with Crippen molar-refractivity contribution in [3.05, 3.63) is 34.4 Å². The summed E-state index contributed by atoms with van der Waals surface area (Å²) in [6.45, 7) is 1.65. The van der Waals surface area contributed by atoms with Crippen LogP contribution in [0.4, 0.5) is 11.4 Å². The van der Waals surface area contributed by atoms with Crippen molar-refractivity contribution < 1.29 is 22.9 Å². The summed E-state index contributed by atoms with van der Waals surface area (Å²) < 4.78 is 29.8. The van der Waals surface area contributed by atoms with Crippen LogP contribution in [0.1, 0.15) is 6.92 Å². The molecule has 0 spiro atoms. The van der Waals surface area contributed by atoms with Crippen LogP contribution in [0, 0.1) is 10.1 Å². The Bertz CT molecular complexity index is 566. The summed E-state index contributed by atoms with van der Waals surface area (Å²) >= 11 is 0. The fourth-order valence-electron chi connectivity index (χ4n) is 1.22. The highest BCUT2D eigenvalue weighted by Crippen LogP contribution is 2.16. The monoisotopic (exact) mass is 288 g/mol. The fraction of sp³-hybridized carbons (Fsp3) is 0.300. The molecular formula is C10H12N2O6S. The van der Waals surface area contributed by atoms with Crippen LogP contribution in [-0.4, -0.2) is 31.7 Å². The number of hydrogen-bond acceptors (Lipinski definition) is 6. The van der Waals surface area contributed by atoms with E-state index >= 15 is 0 Å². The van der Waals surface area contributed by atoms with Crippen molar-refractivity contribution >= 4 is 27.4 Å². The summed E-state index contributed by atoms with van der Waals surface area (Å²) in [4.78, 5) is 20.9. The number of ether oxygens (including phenoxy) is 1. The van der Waals surface area contributed by atoms with E-state index in [1.807, 2.05) is 0 Å². The maximum atomic E-state index is 11.6. The van der Waals surface area contributed by atoms with Crippen molar-refractivity contribution in [2.75, 3.05) is 17.1 Å². The predicted molar refractivity (Wildman–Crippen MR) is 67.1 cm³/mol. The van der Waals surface area contributed by atoms with Gasteiger partial charge < -0.3 is 4.74 Å². The first-order chi connectivity index (χ1) is 8.84. The maximum absolute atomic E-state index is 11.6. The number of non-ortho nitro benzene ring substituents is 1. The first kappa shape index (κ1) is 14.9. The van der Waals surface area contributed by atoms with Gasteiger partial charge in [-0.2, -0.15) is 0 Å². The molecule has 9 heteroatoms. The molecule has 0 fully saturated rings. The highest BCUT2D eigenvalue weighted by Gasteiger charge is 2.17. The van der Waals surface area contributed by atoms with E-state index in [1.54, 1.807) is 6.92 Å². The van der Waals surface area contributed by atoms with Crippen molar-refractivity contribution in [3.63, 3.8) is 0 Å². The largest absolute Gasteiger partial charge is 0.465 e. The summed E-state index contributed by atoms with van der Waals surface area (Å²) in [5.41, 5.74) is -0.0248. The van der Waals surface area contributed by atoms with Crippen molar-refractivity contribution in [3.8, 4) is 0 Å². The first-order valence-electron chi connectivity index (χ1n) is 5.24. The standard InChI is InChI=1S/C10H12N2O6S/c1-2-18-10(13)7-19(16,17)11-8-3-5-9(6-4-8)12(14)15/h3-6,11H,2,7H2,1H3. The number of esters is 1. The summed E-state index contributed by atoms with van der Waals surface area (Å²) in [7, 11) is -3.88. The van der Waals surface area contributed by atoms with Gasteiger partial charge in [0.25, 0.3) is 5.69 Å². The van der Waals surface area contributed by atoms with Crippen molar-refractivity contribution in [1.29, 1.82) is 0 Å². The Morgan fingerprint density at radius 2 is 1.95 bits per heavy atom. The predicted octanol–water partition coefficient (Wildman–Crippen LogP) is 0.900. The van der Waals surface area contributed by atoms with E-state index in [0.717, 1.165) is 12.1 Å². The number of nitrogens with one attached hydrogen (secondary N) is 1. The average Bonchev–Trinajstić information content (AvgIpc) is 2.28. The molecule has 1 rings (SSSR count). The zero-order valence-electron chi connectivity index (χ0n) is 10.0. The van der Waals surface area contributed by atoms with Gasteiger partial charge in [-0.15, -0.1) is 0 Å². The quantitative estimate of drug-likeness (QED) is 0.472. The lowest BCUT2D eigenvalue weighted by Crippen LogP contribution is -2.24. The summed E-state index contributed by atoms with van der Waals surface area (Å²) in [5, 5.41) is 10.4. The molecule has 0 saturated heterocycles. The molecular weight excluding hydrogens is 276 g/mol. The molecule has 0 aliphatic rings. The van der Waals surface area contributed by atoms with Gasteiger partial charge in [0.05, 0.1) is 11.5 Å². The minimum atomic E-state index is -3.88. The van der Waals surface area contributed by atoms with Crippen LogP contribution in [0.3, 0.4) is 0 Å². The number of benzene rings is 1. The van der Waals surface area contributed by atoms with E-state index < -0.39 is 26.7 Å². The first-order valence-corrected chi connectivity index (χ1v) is 6.90. The molecule has 0 heterocycles. The normalized spacial score (nSPS) is 10.8. The lowest BCUT2D eigenvalue weighted by Gasteiger charge is -2.07. The second kappa shape index (κ2) is 6.14. The number of anilines is 1. The molecule has 104 valence electrons. The van der Waals surface area contributed by atoms with Crippen molar-refractivity contribution in [2.45, 2.75) is 6.92 Å². The molecule has 0 aliphatic carbocycles. The minimum absolute atomic E-state index is 0.0892. The van der Waals surface area contributed by atoms with Gasteiger partial charge in [-0.3, -0.25) is 19.6 Å². The van der Waals surface area contributed by atoms with Gasteiger partial charge >= 0.3 is 5.97 Å². The lowest BCUT2D eigenvalue weighted by molar-refractivity contribution is -0.384. The molecule has 0 amide bonds. The molecule has 0 radical (unpaired) electrons. The Kier molecular flexibility index (Phi) is 4.81. The average molecular weight is 288 g/mol. The Hall–Kier alpha value is -2.16. The number of carbonyl (C=O) groups excluding carboxylic acids is 1. The van der Waals surface area contributed by atoms with Gasteiger partial charge in [0.1, 0.15) is 0 Å². The van der Waals surface area contributed by atoms with E-state index in [0.29, 0.717) is 0 Å². The zero-order chi connectivity index (χ0) is 14.5. The van der Waals surface area contributed by atoms with Gasteiger partial charge in [0.15, 0.2) is 5.75 Å². The van der Waals surface area contributed by atoms with Crippen LogP contribution in [0.2, 0.25) is 0 Å². The van der Waals surface area contributed by atoms with Gasteiger partial charge in [0, 0.05) is 17.8 Å². The van der Waals surface area contributed by atoms with Crippen LogP contribution in [0.5, 0.6) is 0 Å². The fourth-order valence-corrected chi connectivity index (χ4v) is 2.19. The molecule has 1 aromatic rings. The summed E-state index contributed by atoms with van der Waals surface area (Å²) in [6.07, 6.45) is 0. The van der Waals surface area contributed by atoms with E-state index in [1.165, 1.54) is 12.1 Å². The van der Waals surface area contributed by atoms with Gasteiger partial charge in [-0.05, 0) is 19.1 Å². The molecule has 19 heavy (non-hydrogen) atoms. The van der Waals surface area contributed by atoms with Crippen LogP contribution < -0.4 is 4.72 Å². The smallest absolute Gasteiger partial charge is 0.323 e. The molecule has 8 nitrogen and oxygen atoms in total. The van der Waals surface area contributed by atoms with Crippen molar-refractivity contribution in [2.24, 2.45) is 0 Å². The summed E-state index contributed by atoms with van der Waals surface area (Å²) in [5.74, 6) is -1.67. The van der Waals surface area contributed by atoms with Crippen LogP contribution >= 0.6 is 0 Å². The van der Waals surface area contributed by atoms with E-state index in [9.17, 15) is 23.3 Å². The Morgan fingerprint density at radius 1 is 1.37 bits per heavy atom. The molecule has 0 atom stereocenters. The number of sulfonamides is 1. The summed E-state index contributed by atoms with van der Waals surface area (Å²) in [6, 6.07) is 4.78.